The smallest absolute Gasteiger partial charge is 0.382 e. The fourth-order valence-corrected chi connectivity index (χ4v) is 2.09. The minimum absolute atomic E-state index is 0.109. The van der Waals surface area contributed by atoms with Gasteiger partial charge in [-0.1, -0.05) is 0 Å². The van der Waals surface area contributed by atoms with Crippen LogP contribution in [0, 0.1) is 0 Å². The Labute approximate surface area is 117 Å². The molecule has 1 fully saturated rings. The van der Waals surface area contributed by atoms with Crippen LogP contribution in [0.4, 0.5) is 26.3 Å². The van der Waals surface area contributed by atoms with Crippen molar-refractivity contribution in [2.45, 2.75) is 31.0 Å². The molecule has 0 aromatic heterocycles. The van der Waals surface area contributed by atoms with E-state index in [1.54, 1.807) is 0 Å². The largest absolute Gasteiger partial charge is 0.415 e. The first kappa shape index (κ1) is 18.5. The SMILES string of the molecule is OC(CN1CCCN(CC(O)C(F)(F)F)CC1)C(F)(F)F. The average molecular weight is 324 g/mol. The number of aliphatic hydroxyl groups is 2. The molecule has 1 heterocycles. The molecule has 2 atom stereocenters. The van der Waals surface area contributed by atoms with Crippen molar-refractivity contribution in [2.75, 3.05) is 39.3 Å². The lowest BCUT2D eigenvalue weighted by Gasteiger charge is -2.26. The maximum atomic E-state index is 12.2. The number of nitrogens with zero attached hydrogens (tertiary/aromatic N) is 2. The van der Waals surface area contributed by atoms with Crippen LogP contribution in [0.3, 0.4) is 0 Å². The van der Waals surface area contributed by atoms with Crippen molar-refractivity contribution in [3.8, 4) is 0 Å². The van der Waals surface area contributed by atoms with Gasteiger partial charge < -0.3 is 10.2 Å². The lowest BCUT2D eigenvalue weighted by Crippen LogP contribution is -2.44. The van der Waals surface area contributed by atoms with E-state index in [9.17, 15) is 26.3 Å². The highest BCUT2D eigenvalue weighted by Crippen LogP contribution is 2.22. The summed E-state index contributed by atoms with van der Waals surface area (Å²) in [6, 6.07) is 0. The van der Waals surface area contributed by atoms with Crippen LogP contribution < -0.4 is 0 Å². The molecule has 126 valence electrons. The van der Waals surface area contributed by atoms with Crippen LogP contribution in [-0.4, -0.2) is 83.8 Å². The summed E-state index contributed by atoms with van der Waals surface area (Å²) in [4.78, 5) is 2.72. The van der Waals surface area contributed by atoms with Gasteiger partial charge in [0, 0.05) is 26.2 Å². The van der Waals surface area contributed by atoms with Crippen LogP contribution in [0.1, 0.15) is 6.42 Å². The third-order valence-electron chi connectivity index (χ3n) is 3.30. The Balaban J connectivity index is 2.44. The molecule has 0 amide bonds. The quantitative estimate of drug-likeness (QED) is 0.753. The molecule has 2 unspecified atom stereocenters. The number of hydrogen-bond acceptors (Lipinski definition) is 4. The highest BCUT2D eigenvalue weighted by Gasteiger charge is 2.40. The first-order chi connectivity index (χ1) is 9.50. The van der Waals surface area contributed by atoms with Gasteiger partial charge in [-0.3, -0.25) is 9.80 Å². The molecule has 1 aliphatic heterocycles. The minimum Gasteiger partial charge on any atom is -0.382 e. The second-order valence-electron chi connectivity index (χ2n) is 5.07. The number of alkyl halides is 6. The van der Waals surface area contributed by atoms with E-state index >= 15 is 0 Å². The molecule has 0 aromatic rings. The van der Waals surface area contributed by atoms with E-state index in [0.29, 0.717) is 6.42 Å². The van der Waals surface area contributed by atoms with Crippen molar-refractivity contribution < 1.29 is 36.6 Å². The summed E-state index contributed by atoms with van der Waals surface area (Å²) in [6.45, 7) is -0.467. The Morgan fingerprint density at radius 2 is 1.05 bits per heavy atom. The highest BCUT2D eigenvalue weighted by molar-refractivity contribution is 4.78. The van der Waals surface area contributed by atoms with Crippen LogP contribution in [0.25, 0.3) is 0 Å². The molecular weight excluding hydrogens is 306 g/mol. The normalized spacial score (nSPS) is 22.9. The second-order valence-corrected chi connectivity index (χ2v) is 5.07. The lowest BCUT2D eigenvalue weighted by molar-refractivity contribution is -0.209. The van der Waals surface area contributed by atoms with Gasteiger partial charge in [0.1, 0.15) is 0 Å². The Bertz CT molecular complexity index is 293. The first-order valence-corrected chi connectivity index (χ1v) is 6.44. The zero-order valence-corrected chi connectivity index (χ0v) is 11.2. The molecule has 1 saturated heterocycles. The lowest BCUT2D eigenvalue weighted by atomic mass is 10.3. The topological polar surface area (TPSA) is 46.9 Å². The third-order valence-corrected chi connectivity index (χ3v) is 3.30. The van der Waals surface area contributed by atoms with Crippen LogP contribution in [0.2, 0.25) is 0 Å². The summed E-state index contributed by atoms with van der Waals surface area (Å²) in [5.74, 6) is 0. The first-order valence-electron chi connectivity index (χ1n) is 6.44. The summed E-state index contributed by atoms with van der Waals surface area (Å²) in [6.07, 6.45) is -14.0. The van der Waals surface area contributed by atoms with E-state index in [0.717, 1.165) is 0 Å². The summed E-state index contributed by atoms with van der Waals surface area (Å²) in [5, 5.41) is 18.0. The van der Waals surface area contributed by atoms with Gasteiger partial charge in [0.2, 0.25) is 0 Å². The Kier molecular flexibility index (Phi) is 6.26. The summed E-state index contributed by atoms with van der Waals surface area (Å²) < 4.78 is 73.4. The summed E-state index contributed by atoms with van der Waals surface area (Å²) >= 11 is 0. The van der Waals surface area contributed by atoms with Crippen molar-refractivity contribution >= 4 is 0 Å². The summed E-state index contributed by atoms with van der Waals surface area (Å²) in [7, 11) is 0. The predicted molar refractivity (Wildman–Crippen MR) is 61.6 cm³/mol. The van der Waals surface area contributed by atoms with E-state index in [2.05, 4.69) is 0 Å². The molecule has 0 saturated carbocycles. The van der Waals surface area contributed by atoms with Gasteiger partial charge in [0.25, 0.3) is 0 Å². The van der Waals surface area contributed by atoms with Crippen molar-refractivity contribution in [2.24, 2.45) is 0 Å². The monoisotopic (exact) mass is 324 g/mol. The van der Waals surface area contributed by atoms with E-state index in [1.165, 1.54) is 9.80 Å². The number of aliphatic hydroxyl groups excluding tert-OH is 2. The second kappa shape index (κ2) is 7.12. The van der Waals surface area contributed by atoms with Crippen molar-refractivity contribution in [1.29, 1.82) is 0 Å². The van der Waals surface area contributed by atoms with E-state index < -0.39 is 37.7 Å². The molecular formula is C11H18F6N2O2. The number of rotatable bonds is 4. The summed E-state index contributed by atoms with van der Waals surface area (Å²) in [5.41, 5.74) is 0. The predicted octanol–water partition coefficient (Wildman–Crippen LogP) is 0.840. The van der Waals surface area contributed by atoms with Gasteiger partial charge in [-0.15, -0.1) is 0 Å². The van der Waals surface area contributed by atoms with Crippen molar-refractivity contribution in [3.05, 3.63) is 0 Å². The molecule has 0 aliphatic carbocycles. The van der Waals surface area contributed by atoms with Gasteiger partial charge in [-0.05, 0) is 19.5 Å². The average Bonchev–Trinajstić information content (AvgIpc) is 2.52. The Morgan fingerprint density at radius 1 is 0.714 bits per heavy atom. The fraction of sp³-hybridized carbons (Fsp3) is 1.00. The Morgan fingerprint density at radius 3 is 1.33 bits per heavy atom. The minimum atomic E-state index is -4.71. The van der Waals surface area contributed by atoms with Gasteiger partial charge in [0.05, 0.1) is 0 Å². The van der Waals surface area contributed by atoms with Crippen LogP contribution in [0.5, 0.6) is 0 Å². The Hall–Kier alpha value is -0.580. The molecule has 1 rings (SSSR count). The maximum absolute atomic E-state index is 12.2. The highest BCUT2D eigenvalue weighted by atomic mass is 19.4. The van der Waals surface area contributed by atoms with Gasteiger partial charge >= 0.3 is 12.4 Å². The zero-order chi connectivity index (χ0) is 16.3. The molecule has 21 heavy (non-hydrogen) atoms. The van der Waals surface area contributed by atoms with Gasteiger partial charge in [-0.2, -0.15) is 26.3 Å². The van der Waals surface area contributed by atoms with E-state index in [-0.39, 0.29) is 26.2 Å². The molecule has 10 heteroatoms. The van der Waals surface area contributed by atoms with Gasteiger partial charge in [-0.25, -0.2) is 0 Å². The number of halogens is 6. The van der Waals surface area contributed by atoms with Crippen LogP contribution in [0.15, 0.2) is 0 Å². The zero-order valence-electron chi connectivity index (χ0n) is 11.2. The maximum Gasteiger partial charge on any atom is 0.415 e. The van der Waals surface area contributed by atoms with Gasteiger partial charge in [0.15, 0.2) is 12.2 Å². The van der Waals surface area contributed by atoms with Crippen LogP contribution >= 0.6 is 0 Å². The molecule has 0 radical (unpaired) electrons. The molecule has 0 bridgehead atoms. The van der Waals surface area contributed by atoms with E-state index in [4.69, 9.17) is 10.2 Å². The van der Waals surface area contributed by atoms with E-state index in [1.807, 2.05) is 0 Å². The molecule has 1 aliphatic rings. The number of hydrogen-bond donors (Lipinski definition) is 2. The molecule has 0 aromatic carbocycles. The van der Waals surface area contributed by atoms with Crippen LogP contribution in [-0.2, 0) is 0 Å². The molecule has 0 spiro atoms. The van der Waals surface area contributed by atoms with Crippen molar-refractivity contribution in [1.82, 2.24) is 9.80 Å². The third kappa shape index (κ3) is 6.37. The standard InChI is InChI=1S/C11H18F6N2O2/c12-10(13,14)8(20)6-18-2-1-3-19(5-4-18)7-9(21)11(15,16)17/h8-9,20-21H,1-7H2. The van der Waals surface area contributed by atoms with Crippen molar-refractivity contribution in [3.63, 3.8) is 0 Å². The fourth-order valence-electron chi connectivity index (χ4n) is 2.09. The number of β-amino-alcohol motifs (C(OH)–C–C–N with tert-alkyl or cyclic N) is 2. The molecule has 4 nitrogen and oxygen atoms in total. The molecule has 2 N–H and O–H groups in total.